The lowest BCUT2D eigenvalue weighted by molar-refractivity contribution is 0.560. The van der Waals surface area contributed by atoms with Crippen LogP contribution >= 0.6 is 59.1 Å². The van der Waals surface area contributed by atoms with Crippen LogP contribution in [0, 0.1) is 11.6 Å². The zero-order valence-corrected chi connectivity index (χ0v) is 15.9. The van der Waals surface area contributed by atoms with E-state index < -0.39 is 16.5 Å². The van der Waals surface area contributed by atoms with Crippen molar-refractivity contribution in [3.63, 3.8) is 0 Å². The van der Waals surface area contributed by atoms with Gasteiger partial charge in [0, 0.05) is 19.2 Å². The minimum atomic E-state index is -0.571. The van der Waals surface area contributed by atoms with E-state index in [1.54, 1.807) is 11.3 Å². The Morgan fingerprint density at radius 3 is 2.38 bits per heavy atom. The van der Waals surface area contributed by atoms with Crippen molar-refractivity contribution in [1.29, 1.82) is 0 Å². The summed E-state index contributed by atoms with van der Waals surface area (Å²) in [6.07, 6.45) is 0. The molecule has 2 aromatic carbocycles. The summed E-state index contributed by atoms with van der Waals surface area (Å²) < 4.78 is 30.7. The molecule has 0 saturated heterocycles. The predicted molar refractivity (Wildman–Crippen MR) is 94.4 cm³/mol. The quantitative estimate of drug-likeness (QED) is 0.329. The van der Waals surface area contributed by atoms with Crippen molar-refractivity contribution >= 4 is 69.2 Å². The highest BCUT2D eigenvalue weighted by molar-refractivity contribution is 9.11. The zero-order valence-electron chi connectivity index (χ0n) is 10.3. The van der Waals surface area contributed by atoms with Crippen LogP contribution in [0.2, 0.25) is 0 Å². The Morgan fingerprint density at radius 1 is 1.05 bits per heavy atom. The molecule has 0 aliphatic heterocycles. The maximum absolute atomic E-state index is 14.1. The Labute approximate surface area is 149 Å². The third kappa shape index (κ3) is 2.83. The van der Waals surface area contributed by atoms with E-state index in [-0.39, 0.29) is 5.56 Å². The van der Waals surface area contributed by atoms with E-state index in [1.807, 2.05) is 23.6 Å². The Kier molecular flexibility index (Phi) is 4.50. The lowest BCUT2D eigenvalue weighted by Crippen LogP contribution is -2.00. The molecule has 1 heterocycles. The number of fused-ring (bicyclic) bond motifs is 1. The first-order valence-electron chi connectivity index (χ1n) is 5.93. The molecule has 0 aliphatic rings. The number of thiophene rings is 1. The highest BCUT2D eigenvalue weighted by atomic mass is 79.9. The molecule has 0 bridgehead atoms. The fraction of sp³-hybridized carbons (Fsp3) is 0.0667. The Morgan fingerprint density at radius 2 is 1.71 bits per heavy atom. The topological polar surface area (TPSA) is 0 Å². The van der Waals surface area contributed by atoms with Gasteiger partial charge in [-0.2, -0.15) is 0 Å². The van der Waals surface area contributed by atoms with Gasteiger partial charge >= 0.3 is 0 Å². The molecular formula is C15H7Br3F2S. The van der Waals surface area contributed by atoms with Crippen LogP contribution in [0.25, 0.3) is 10.1 Å². The monoisotopic (exact) mass is 494 g/mol. The van der Waals surface area contributed by atoms with Gasteiger partial charge in [0.1, 0.15) is 11.6 Å². The normalized spacial score (nSPS) is 12.8. The molecule has 3 rings (SSSR count). The summed E-state index contributed by atoms with van der Waals surface area (Å²) in [5, 5.41) is 2.91. The molecule has 1 unspecified atom stereocenters. The van der Waals surface area contributed by atoms with E-state index in [9.17, 15) is 8.78 Å². The van der Waals surface area contributed by atoms with Crippen LogP contribution in [-0.2, 0) is 0 Å². The molecule has 108 valence electrons. The maximum Gasteiger partial charge on any atom is 0.131 e. The summed E-state index contributed by atoms with van der Waals surface area (Å²) in [5.41, 5.74) is 0.884. The number of alkyl halides is 1. The zero-order chi connectivity index (χ0) is 15.1. The maximum atomic E-state index is 14.1. The van der Waals surface area contributed by atoms with E-state index in [1.165, 1.54) is 12.1 Å². The molecule has 0 aliphatic carbocycles. The first-order chi connectivity index (χ1) is 9.99. The second kappa shape index (κ2) is 6.07. The first-order valence-corrected chi connectivity index (χ1v) is 9.31. The third-order valence-electron chi connectivity index (χ3n) is 3.15. The second-order valence-electron chi connectivity index (χ2n) is 4.45. The average Bonchev–Trinajstić information content (AvgIpc) is 2.82. The van der Waals surface area contributed by atoms with Gasteiger partial charge in [0.2, 0.25) is 0 Å². The lowest BCUT2D eigenvalue weighted by atomic mass is 10.0. The van der Waals surface area contributed by atoms with Gasteiger partial charge < -0.3 is 0 Å². The van der Waals surface area contributed by atoms with E-state index in [2.05, 4.69) is 47.8 Å². The molecule has 0 N–H and O–H groups in total. The SMILES string of the molecule is Fc1cc(Br)cc(F)c1C(Br)c1csc2c(Br)cccc12. The van der Waals surface area contributed by atoms with Crippen LogP contribution in [0.4, 0.5) is 8.78 Å². The van der Waals surface area contributed by atoms with Crippen LogP contribution in [0.5, 0.6) is 0 Å². The fourth-order valence-electron chi connectivity index (χ4n) is 2.19. The molecule has 3 aromatic rings. The van der Waals surface area contributed by atoms with Crippen LogP contribution in [0.1, 0.15) is 16.0 Å². The van der Waals surface area contributed by atoms with Crippen molar-refractivity contribution in [3.8, 4) is 0 Å². The lowest BCUT2D eigenvalue weighted by Gasteiger charge is -2.12. The molecule has 0 nitrogen and oxygen atoms in total. The number of hydrogen-bond acceptors (Lipinski definition) is 1. The van der Waals surface area contributed by atoms with Gasteiger partial charge in [-0.3, -0.25) is 0 Å². The molecule has 0 saturated carbocycles. The molecule has 0 spiro atoms. The molecule has 1 atom stereocenters. The molecule has 6 heteroatoms. The second-order valence-corrected chi connectivity index (χ2v) is 8.02. The number of rotatable bonds is 2. The van der Waals surface area contributed by atoms with Gasteiger partial charge in [-0.25, -0.2) is 8.78 Å². The van der Waals surface area contributed by atoms with Crippen LogP contribution < -0.4 is 0 Å². The molecule has 0 amide bonds. The smallest absolute Gasteiger partial charge is 0.131 e. The van der Waals surface area contributed by atoms with Crippen molar-refractivity contribution in [2.75, 3.05) is 0 Å². The molecule has 0 fully saturated rings. The summed E-state index contributed by atoms with van der Waals surface area (Å²) in [6.45, 7) is 0. The summed E-state index contributed by atoms with van der Waals surface area (Å²) in [4.78, 5) is -0.534. The Bertz CT molecular complexity index is 806. The average molecular weight is 497 g/mol. The summed E-state index contributed by atoms with van der Waals surface area (Å²) in [5.74, 6) is -1.14. The van der Waals surface area contributed by atoms with Gasteiger partial charge in [0.05, 0.1) is 4.83 Å². The van der Waals surface area contributed by atoms with Gasteiger partial charge in [0.25, 0.3) is 0 Å². The third-order valence-corrected chi connectivity index (χ3v) is 6.53. The largest absolute Gasteiger partial charge is 0.206 e. The summed E-state index contributed by atoms with van der Waals surface area (Å²) in [6, 6.07) is 8.37. The van der Waals surface area contributed by atoms with Gasteiger partial charge in [-0.1, -0.05) is 44.0 Å². The number of hydrogen-bond donors (Lipinski definition) is 0. The highest BCUT2D eigenvalue weighted by Crippen LogP contribution is 2.42. The van der Waals surface area contributed by atoms with E-state index in [4.69, 9.17) is 0 Å². The molecule has 0 radical (unpaired) electrons. The molecule has 21 heavy (non-hydrogen) atoms. The van der Waals surface area contributed by atoms with E-state index in [0.717, 1.165) is 20.1 Å². The van der Waals surface area contributed by atoms with Gasteiger partial charge in [0.15, 0.2) is 0 Å². The van der Waals surface area contributed by atoms with Crippen molar-refractivity contribution in [1.82, 2.24) is 0 Å². The molecular weight excluding hydrogens is 490 g/mol. The standard InChI is InChI=1S/C15H7Br3F2S/c16-7-4-11(19)13(12(20)5-7)14(18)9-6-21-15-8(9)2-1-3-10(15)17/h1-6,14H. The first kappa shape index (κ1) is 15.6. The van der Waals surface area contributed by atoms with Crippen molar-refractivity contribution in [3.05, 3.63) is 67.4 Å². The highest BCUT2D eigenvalue weighted by Gasteiger charge is 2.23. The number of benzene rings is 2. The van der Waals surface area contributed by atoms with Crippen molar-refractivity contribution in [2.24, 2.45) is 0 Å². The van der Waals surface area contributed by atoms with E-state index in [0.29, 0.717) is 4.47 Å². The minimum Gasteiger partial charge on any atom is -0.206 e. The molecule has 1 aromatic heterocycles. The van der Waals surface area contributed by atoms with Crippen LogP contribution in [0.3, 0.4) is 0 Å². The van der Waals surface area contributed by atoms with Gasteiger partial charge in [-0.15, -0.1) is 11.3 Å². The van der Waals surface area contributed by atoms with Crippen LogP contribution in [-0.4, -0.2) is 0 Å². The van der Waals surface area contributed by atoms with Crippen molar-refractivity contribution in [2.45, 2.75) is 4.83 Å². The summed E-state index contributed by atoms with van der Waals surface area (Å²) in [7, 11) is 0. The minimum absolute atomic E-state index is 0.0258. The van der Waals surface area contributed by atoms with Crippen LogP contribution in [0.15, 0.2) is 44.7 Å². The number of halogens is 5. The fourth-order valence-corrected chi connectivity index (χ4v) is 5.23. The predicted octanol–water partition coefficient (Wildman–Crippen LogP) is 7.19. The van der Waals surface area contributed by atoms with Gasteiger partial charge in [-0.05, 0) is 50.5 Å². The van der Waals surface area contributed by atoms with Crippen molar-refractivity contribution < 1.29 is 8.78 Å². The van der Waals surface area contributed by atoms with E-state index >= 15 is 0 Å². The Balaban J connectivity index is 2.18. The Hall–Kier alpha value is -0.300. The summed E-state index contributed by atoms with van der Waals surface area (Å²) >= 11 is 11.6.